The molecule has 0 atom stereocenters. The summed E-state index contributed by atoms with van der Waals surface area (Å²) in [6.07, 6.45) is -0.774. The number of rotatable bonds is 3. The van der Waals surface area contributed by atoms with Crippen LogP contribution >= 0.6 is 11.3 Å². The van der Waals surface area contributed by atoms with Gasteiger partial charge in [-0.15, -0.1) is 11.3 Å². The number of benzene rings is 1. The van der Waals surface area contributed by atoms with Crippen LogP contribution in [0.2, 0.25) is 0 Å². The number of aromatic nitrogens is 1. The number of thiazole rings is 1. The molecule has 0 spiro atoms. The summed E-state index contributed by atoms with van der Waals surface area (Å²) >= 11 is 1.43. The maximum Gasteiger partial charge on any atom is 0.263 e. The summed E-state index contributed by atoms with van der Waals surface area (Å²) in [4.78, 5) is 5.09. The van der Waals surface area contributed by atoms with Crippen LogP contribution in [0.15, 0.2) is 30.5 Å². The molecule has 0 aliphatic heterocycles. The van der Waals surface area contributed by atoms with Gasteiger partial charge in [0.2, 0.25) is 0 Å². The Bertz CT molecular complexity index is 482. The summed E-state index contributed by atoms with van der Waals surface area (Å²) in [5.74, 6) is 0. The van der Waals surface area contributed by atoms with E-state index in [1.54, 1.807) is 18.3 Å². The number of nitrogens with two attached hydrogens (primary N) is 1. The average Bonchev–Trinajstić information content (AvgIpc) is 2.77. The van der Waals surface area contributed by atoms with Crippen molar-refractivity contribution in [2.24, 2.45) is 5.73 Å². The summed E-state index contributed by atoms with van der Waals surface area (Å²) in [6.45, 7) is 0.423. The summed E-state index contributed by atoms with van der Waals surface area (Å²) in [6, 6.07) is 6.25. The van der Waals surface area contributed by atoms with Crippen LogP contribution in [0.4, 0.5) is 8.78 Å². The van der Waals surface area contributed by atoms with E-state index in [1.165, 1.54) is 23.5 Å². The topological polar surface area (TPSA) is 38.9 Å². The lowest BCUT2D eigenvalue weighted by molar-refractivity contribution is 0.151. The third-order valence-electron chi connectivity index (χ3n) is 2.14. The summed E-state index contributed by atoms with van der Waals surface area (Å²) in [5, 5.41) is 0.725. The molecule has 0 saturated carbocycles. The van der Waals surface area contributed by atoms with Gasteiger partial charge in [-0.1, -0.05) is 18.2 Å². The first-order valence-electron chi connectivity index (χ1n) is 4.74. The fraction of sp³-hybridized carbons (Fsp3) is 0.182. The largest absolute Gasteiger partial charge is 0.326 e. The van der Waals surface area contributed by atoms with Crippen LogP contribution in [-0.4, -0.2) is 4.98 Å². The summed E-state index contributed by atoms with van der Waals surface area (Å²) in [7, 11) is 0. The van der Waals surface area contributed by atoms with Crippen LogP contribution in [0, 0.1) is 0 Å². The van der Waals surface area contributed by atoms with Crippen molar-refractivity contribution in [1.29, 1.82) is 0 Å². The van der Waals surface area contributed by atoms with Crippen molar-refractivity contribution >= 4 is 11.3 Å². The van der Waals surface area contributed by atoms with Gasteiger partial charge in [0.05, 0.1) is 0 Å². The van der Waals surface area contributed by atoms with E-state index in [1.807, 2.05) is 0 Å². The molecule has 1 aromatic carbocycles. The van der Waals surface area contributed by atoms with Crippen LogP contribution in [0.5, 0.6) is 0 Å². The fourth-order valence-corrected chi connectivity index (χ4v) is 2.13. The molecule has 1 aromatic heterocycles. The minimum Gasteiger partial charge on any atom is -0.326 e. The lowest BCUT2D eigenvalue weighted by Gasteiger charge is -2.01. The van der Waals surface area contributed by atoms with Crippen LogP contribution < -0.4 is 5.73 Å². The first kappa shape index (κ1) is 11.2. The Hall–Kier alpha value is -1.33. The predicted octanol–water partition coefficient (Wildman–Crippen LogP) is 3.21. The minimum absolute atomic E-state index is 0.0157. The monoisotopic (exact) mass is 240 g/mol. The molecule has 0 aliphatic rings. The first-order chi connectivity index (χ1) is 7.70. The zero-order valence-corrected chi connectivity index (χ0v) is 9.18. The Kier molecular flexibility index (Phi) is 3.26. The number of alkyl halides is 2. The maximum absolute atomic E-state index is 12.5. The van der Waals surface area contributed by atoms with Crippen molar-refractivity contribution in [2.45, 2.75) is 13.0 Å². The van der Waals surface area contributed by atoms with E-state index >= 15 is 0 Å². The second-order valence-electron chi connectivity index (χ2n) is 3.26. The van der Waals surface area contributed by atoms with Crippen LogP contribution in [-0.2, 0) is 6.54 Å². The summed E-state index contributed by atoms with van der Waals surface area (Å²) in [5.41, 5.74) is 6.20. The van der Waals surface area contributed by atoms with Crippen molar-refractivity contribution < 1.29 is 8.78 Å². The molecule has 84 valence electrons. The number of nitrogens with zero attached hydrogens (tertiary/aromatic N) is 1. The van der Waals surface area contributed by atoms with E-state index in [0.717, 1.165) is 9.88 Å². The van der Waals surface area contributed by atoms with E-state index < -0.39 is 6.43 Å². The Morgan fingerprint density at radius 3 is 2.81 bits per heavy atom. The molecule has 0 radical (unpaired) electrons. The van der Waals surface area contributed by atoms with Gasteiger partial charge in [0.15, 0.2) is 0 Å². The fourth-order valence-electron chi connectivity index (χ4n) is 1.34. The second-order valence-corrected chi connectivity index (χ2v) is 4.38. The smallest absolute Gasteiger partial charge is 0.263 e. The van der Waals surface area contributed by atoms with Crippen LogP contribution in [0.3, 0.4) is 0 Å². The van der Waals surface area contributed by atoms with Gasteiger partial charge in [-0.3, -0.25) is 0 Å². The van der Waals surface area contributed by atoms with Gasteiger partial charge < -0.3 is 5.73 Å². The molecule has 0 saturated heterocycles. The molecule has 0 unspecified atom stereocenters. The SMILES string of the molecule is NCc1cnc(-c2cccc(C(F)F)c2)s1. The molecule has 0 amide bonds. The van der Waals surface area contributed by atoms with Gasteiger partial charge in [-0.05, 0) is 6.07 Å². The number of halogens is 2. The molecule has 0 fully saturated rings. The van der Waals surface area contributed by atoms with Gasteiger partial charge in [0.1, 0.15) is 5.01 Å². The van der Waals surface area contributed by atoms with E-state index in [-0.39, 0.29) is 5.56 Å². The van der Waals surface area contributed by atoms with Crippen molar-refractivity contribution in [3.8, 4) is 10.6 Å². The molecule has 16 heavy (non-hydrogen) atoms. The standard InChI is InChI=1S/C11H10F2N2S/c12-10(13)7-2-1-3-8(4-7)11-15-6-9(5-14)16-11/h1-4,6,10H,5,14H2. The summed E-state index contributed by atoms with van der Waals surface area (Å²) < 4.78 is 25.0. The molecule has 2 nitrogen and oxygen atoms in total. The Balaban J connectivity index is 2.36. The highest BCUT2D eigenvalue weighted by Crippen LogP contribution is 2.28. The predicted molar refractivity (Wildman–Crippen MR) is 60.4 cm³/mol. The number of hydrogen-bond acceptors (Lipinski definition) is 3. The average molecular weight is 240 g/mol. The maximum atomic E-state index is 12.5. The highest BCUT2D eigenvalue weighted by Gasteiger charge is 2.09. The van der Waals surface area contributed by atoms with Gasteiger partial charge in [0.25, 0.3) is 6.43 Å². The quantitative estimate of drug-likeness (QED) is 0.894. The lowest BCUT2D eigenvalue weighted by Crippen LogP contribution is -1.91. The van der Waals surface area contributed by atoms with E-state index in [0.29, 0.717) is 12.1 Å². The third-order valence-corrected chi connectivity index (χ3v) is 3.21. The molecular weight excluding hydrogens is 230 g/mol. The highest BCUT2D eigenvalue weighted by atomic mass is 32.1. The normalized spacial score (nSPS) is 11.0. The van der Waals surface area contributed by atoms with Crippen LogP contribution in [0.25, 0.3) is 10.6 Å². The number of hydrogen-bond donors (Lipinski definition) is 1. The third kappa shape index (κ3) is 2.25. The van der Waals surface area contributed by atoms with Crippen molar-refractivity contribution in [3.05, 3.63) is 40.9 Å². The molecule has 2 aromatic rings. The van der Waals surface area contributed by atoms with Crippen molar-refractivity contribution in [2.75, 3.05) is 0 Å². The van der Waals surface area contributed by atoms with Crippen LogP contribution in [0.1, 0.15) is 16.9 Å². The Morgan fingerprint density at radius 2 is 2.19 bits per heavy atom. The Labute approximate surface area is 95.7 Å². The van der Waals surface area contributed by atoms with Crippen molar-refractivity contribution in [1.82, 2.24) is 4.98 Å². The van der Waals surface area contributed by atoms with E-state index in [2.05, 4.69) is 4.98 Å². The van der Waals surface area contributed by atoms with Gasteiger partial charge in [-0.25, -0.2) is 13.8 Å². The first-order valence-corrected chi connectivity index (χ1v) is 5.55. The van der Waals surface area contributed by atoms with E-state index in [9.17, 15) is 8.78 Å². The Morgan fingerprint density at radius 1 is 1.38 bits per heavy atom. The molecule has 0 aliphatic carbocycles. The van der Waals surface area contributed by atoms with Crippen molar-refractivity contribution in [3.63, 3.8) is 0 Å². The lowest BCUT2D eigenvalue weighted by atomic mass is 10.1. The van der Waals surface area contributed by atoms with Gasteiger partial charge in [0, 0.05) is 28.7 Å². The zero-order valence-electron chi connectivity index (χ0n) is 8.36. The molecule has 2 N–H and O–H groups in total. The second kappa shape index (κ2) is 4.67. The molecule has 0 bridgehead atoms. The molecular formula is C11H10F2N2S. The van der Waals surface area contributed by atoms with Gasteiger partial charge >= 0.3 is 0 Å². The molecule has 5 heteroatoms. The molecule has 1 heterocycles. The zero-order chi connectivity index (χ0) is 11.5. The highest BCUT2D eigenvalue weighted by molar-refractivity contribution is 7.15. The minimum atomic E-state index is -2.45. The van der Waals surface area contributed by atoms with E-state index in [4.69, 9.17) is 5.73 Å². The molecule has 2 rings (SSSR count). The van der Waals surface area contributed by atoms with Gasteiger partial charge in [-0.2, -0.15) is 0 Å².